The van der Waals surface area contributed by atoms with Gasteiger partial charge in [0.25, 0.3) is 0 Å². The van der Waals surface area contributed by atoms with Gasteiger partial charge in [0.15, 0.2) is 0 Å². The van der Waals surface area contributed by atoms with Gasteiger partial charge in [0.05, 0.1) is 0 Å². The number of hydrogen-bond donors (Lipinski definition) is 1. The SMILES string of the molecule is Nc1ncccn1.[H+]. The van der Waals surface area contributed by atoms with Crippen LogP contribution in [-0.2, 0) is 0 Å². The number of rotatable bonds is 0. The molecule has 36 valence electrons. The summed E-state index contributed by atoms with van der Waals surface area (Å²) in [6.07, 6.45) is 3.20. The van der Waals surface area contributed by atoms with E-state index in [4.69, 9.17) is 5.73 Å². The fraction of sp³-hybridized carbons (Fsp3) is 0. The van der Waals surface area contributed by atoms with Crippen molar-refractivity contribution in [2.75, 3.05) is 5.73 Å². The third kappa shape index (κ3) is 0.855. The summed E-state index contributed by atoms with van der Waals surface area (Å²) in [6.45, 7) is 0. The molecule has 0 unspecified atom stereocenters. The predicted molar refractivity (Wildman–Crippen MR) is 27.6 cm³/mol. The number of nitrogen functional groups attached to an aromatic ring is 1. The van der Waals surface area contributed by atoms with Crippen molar-refractivity contribution >= 4 is 5.95 Å². The van der Waals surface area contributed by atoms with Gasteiger partial charge in [-0.2, -0.15) is 0 Å². The fourth-order valence-electron chi connectivity index (χ4n) is 0.311. The monoisotopic (exact) mass is 96.1 g/mol. The first-order valence-electron chi connectivity index (χ1n) is 1.92. The van der Waals surface area contributed by atoms with E-state index >= 15 is 0 Å². The lowest BCUT2D eigenvalue weighted by atomic mass is 10.7. The Morgan fingerprint density at radius 3 is 2.29 bits per heavy atom. The maximum Gasteiger partial charge on any atom is 1.00 e. The van der Waals surface area contributed by atoms with E-state index in [-0.39, 0.29) is 1.43 Å². The van der Waals surface area contributed by atoms with E-state index in [9.17, 15) is 0 Å². The van der Waals surface area contributed by atoms with E-state index < -0.39 is 0 Å². The molecule has 0 saturated heterocycles. The van der Waals surface area contributed by atoms with Crippen molar-refractivity contribution in [1.29, 1.82) is 0 Å². The number of nitrogens with zero attached hydrogens (tertiary/aromatic N) is 2. The third-order valence-corrected chi connectivity index (χ3v) is 0.586. The maximum absolute atomic E-state index is 5.14. The van der Waals surface area contributed by atoms with Gasteiger partial charge in [-0.1, -0.05) is 0 Å². The summed E-state index contributed by atoms with van der Waals surface area (Å²) in [4.78, 5) is 7.29. The van der Waals surface area contributed by atoms with Crippen LogP contribution in [0.5, 0.6) is 0 Å². The first-order valence-corrected chi connectivity index (χ1v) is 1.92. The summed E-state index contributed by atoms with van der Waals surface area (Å²) >= 11 is 0. The quantitative estimate of drug-likeness (QED) is 0.501. The molecule has 0 bridgehead atoms. The van der Waals surface area contributed by atoms with E-state index in [0.29, 0.717) is 5.95 Å². The van der Waals surface area contributed by atoms with Gasteiger partial charge in [0.1, 0.15) is 0 Å². The van der Waals surface area contributed by atoms with Gasteiger partial charge in [-0.3, -0.25) is 0 Å². The molecule has 0 radical (unpaired) electrons. The summed E-state index contributed by atoms with van der Waals surface area (Å²) in [5.41, 5.74) is 5.14. The lowest BCUT2D eigenvalue weighted by Crippen LogP contribution is -1.90. The van der Waals surface area contributed by atoms with Crippen molar-refractivity contribution in [3.8, 4) is 0 Å². The molecule has 0 saturated carbocycles. The number of nitrogens with two attached hydrogens (primary N) is 1. The Kier molecular flexibility index (Phi) is 0.898. The van der Waals surface area contributed by atoms with E-state index in [0.717, 1.165) is 0 Å². The second-order valence-electron chi connectivity index (χ2n) is 1.11. The van der Waals surface area contributed by atoms with Gasteiger partial charge in [0, 0.05) is 12.4 Å². The first kappa shape index (κ1) is 4.05. The molecule has 0 aliphatic carbocycles. The summed E-state index contributed by atoms with van der Waals surface area (Å²) < 4.78 is 0. The highest BCUT2D eigenvalue weighted by atomic mass is 15.0. The largest absolute Gasteiger partial charge is 1.00 e. The van der Waals surface area contributed by atoms with Crippen LogP contribution in [0.4, 0.5) is 5.95 Å². The minimum absolute atomic E-state index is 0. The number of anilines is 1. The molecular weight excluding hydrogens is 90.1 g/mol. The van der Waals surface area contributed by atoms with Crippen molar-refractivity contribution in [2.45, 2.75) is 0 Å². The average Bonchev–Trinajstić information content (AvgIpc) is 1.69. The van der Waals surface area contributed by atoms with E-state index in [2.05, 4.69) is 9.97 Å². The smallest absolute Gasteiger partial charge is 0.368 e. The molecule has 0 atom stereocenters. The molecule has 1 rings (SSSR count). The van der Waals surface area contributed by atoms with Gasteiger partial charge in [0.2, 0.25) is 5.95 Å². The number of hydrogen-bond acceptors (Lipinski definition) is 3. The molecule has 1 aromatic rings. The van der Waals surface area contributed by atoms with E-state index in [1.807, 2.05) is 0 Å². The van der Waals surface area contributed by atoms with E-state index in [1.165, 1.54) is 0 Å². The standard InChI is InChI=1S/C4H5N3/c5-4-6-2-1-3-7-4/h1-3H,(H2,5,6,7)/p+1. The van der Waals surface area contributed by atoms with E-state index in [1.54, 1.807) is 18.5 Å². The van der Waals surface area contributed by atoms with Crippen molar-refractivity contribution in [1.82, 2.24) is 9.97 Å². The summed E-state index contributed by atoms with van der Waals surface area (Å²) in [7, 11) is 0. The Morgan fingerprint density at radius 1 is 1.43 bits per heavy atom. The molecular formula is C4H6N3+. The summed E-state index contributed by atoms with van der Waals surface area (Å²) in [5, 5.41) is 0. The molecule has 0 aliphatic heterocycles. The van der Waals surface area contributed by atoms with Crippen LogP contribution in [0.25, 0.3) is 0 Å². The van der Waals surface area contributed by atoms with Crippen molar-refractivity contribution in [3.63, 3.8) is 0 Å². The van der Waals surface area contributed by atoms with Crippen LogP contribution in [-0.4, -0.2) is 9.97 Å². The first-order chi connectivity index (χ1) is 3.39. The molecule has 0 aliphatic rings. The van der Waals surface area contributed by atoms with Crippen LogP contribution in [0.15, 0.2) is 18.5 Å². The Bertz CT molecular complexity index is 141. The normalized spacial score (nSPS) is 8.57. The van der Waals surface area contributed by atoms with Gasteiger partial charge >= 0.3 is 1.43 Å². The average molecular weight is 96.1 g/mol. The van der Waals surface area contributed by atoms with Gasteiger partial charge in [-0.25, -0.2) is 9.97 Å². The Labute approximate surface area is 42.7 Å². The Hall–Kier alpha value is -1.12. The van der Waals surface area contributed by atoms with Gasteiger partial charge in [-0.05, 0) is 6.07 Å². The number of aromatic nitrogens is 2. The Balaban J connectivity index is 0.000000490. The molecule has 0 spiro atoms. The second kappa shape index (κ2) is 1.55. The zero-order chi connectivity index (χ0) is 5.11. The highest BCUT2D eigenvalue weighted by Crippen LogP contribution is 1.81. The van der Waals surface area contributed by atoms with Gasteiger partial charge < -0.3 is 5.73 Å². The topological polar surface area (TPSA) is 51.8 Å². The molecule has 2 N–H and O–H groups in total. The van der Waals surface area contributed by atoms with Crippen molar-refractivity contribution in [3.05, 3.63) is 18.5 Å². The van der Waals surface area contributed by atoms with Crippen molar-refractivity contribution < 1.29 is 1.43 Å². The predicted octanol–water partition coefficient (Wildman–Crippen LogP) is 0.171. The molecule has 0 aromatic carbocycles. The van der Waals surface area contributed by atoms with Crippen LogP contribution in [0.3, 0.4) is 0 Å². The minimum atomic E-state index is 0. The molecule has 0 amide bonds. The van der Waals surface area contributed by atoms with Crippen molar-refractivity contribution in [2.24, 2.45) is 0 Å². The van der Waals surface area contributed by atoms with Crippen LogP contribution in [0.2, 0.25) is 0 Å². The molecule has 7 heavy (non-hydrogen) atoms. The molecule has 1 aromatic heterocycles. The summed E-state index contributed by atoms with van der Waals surface area (Å²) in [6, 6.07) is 1.72. The highest BCUT2D eigenvalue weighted by molar-refractivity contribution is 5.11. The molecule has 1 heterocycles. The zero-order valence-electron chi connectivity index (χ0n) is 4.70. The van der Waals surface area contributed by atoms with Crippen LogP contribution < -0.4 is 5.73 Å². The lowest BCUT2D eigenvalue weighted by molar-refractivity contribution is 1.19. The van der Waals surface area contributed by atoms with Crippen LogP contribution in [0.1, 0.15) is 1.43 Å². The zero-order valence-corrected chi connectivity index (χ0v) is 3.70. The lowest BCUT2D eigenvalue weighted by Gasteiger charge is -1.82. The molecule has 3 nitrogen and oxygen atoms in total. The fourth-order valence-corrected chi connectivity index (χ4v) is 0.311. The maximum atomic E-state index is 5.14. The van der Waals surface area contributed by atoms with Crippen LogP contribution >= 0.6 is 0 Å². The third-order valence-electron chi connectivity index (χ3n) is 0.586. The van der Waals surface area contributed by atoms with Crippen LogP contribution in [0, 0.1) is 0 Å². The molecule has 0 fully saturated rings. The van der Waals surface area contributed by atoms with Gasteiger partial charge in [-0.15, -0.1) is 0 Å². The Morgan fingerprint density at radius 2 is 2.00 bits per heavy atom. The second-order valence-corrected chi connectivity index (χ2v) is 1.11. The highest BCUT2D eigenvalue weighted by Gasteiger charge is 1.75. The molecule has 3 heteroatoms. The summed E-state index contributed by atoms with van der Waals surface area (Å²) in [5.74, 6) is 0.322. The minimum Gasteiger partial charge on any atom is -0.368 e.